The van der Waals surface area contributed by atoms with Crippen molar-refractivity contribution in [3.05, 3.63) is 35.9 Å². The highest BCUT2D eigenvalue weighted by atomic mass is 16.4. The number of hydrogen-bond donors (Lipinski definition) is 5. The number of nitrogens with two attached hydrogens (primary N) is 2. The van der Waals surface area contributed by atoms with Gasteiger partial charge in [0.05, 0.1) is 6.04 Å². The molecule has 0 spiro atoms. The predicted octanol–water partition coefficient (Wildman–Crippen LogP) is 0.387. The third kappa shape index (κ3) is 8.32. The molecule has 0 aliphatic carbocycles. The fourth-order valence-electron chi connectivity index (χ4n) is 4.14. The Bertz CT molecular complexity index is 863. The minimum absolute atomic E-state index is 0.0994. The molecule has 1 aromatic carbocycles. The van der Waals surface area contributed by atoms with Crippen LogP contribution in [0.5, 0.6) is 0 Å². The Kier molecular flexibility index (Phi) is 11.1. The molecule has 1 aromatic rings. The van der Waals surface area contributed by atoms with Gasteiger partial charge in [0.1, 0.15) is 18.1 Å². The number of carboxylic acids is 1. The molecule has 0 saturated carbocycles. The van der Waals surface area contributed by atoms with Crippen LogP contribution < -0.4 is 22.1 Å². The van der Waals surface area contributed by atoms with E-state index in [1.165, 1.54) is 4.90 Å². The molecule has 4 atom stereocenters. The van der Waals surface area contributed by atoms with Crippen LogP contribution in [0.25, 0.3) is 0 Å². The number of carboxylic acid groups (broad SMARTS) is 1. The van der Waals surface area contributed by atoms with Crippen molar-refractivity contribution >= 4 is 23.7 Å². The lowest BCUT2D eigenvalue weighted by molar-refractivity contribution is -0.145. The van der Waals surface area contributed by atoms with Crippen LogP contribution in [0, 0.1) is 5.92 Å². The van der Waals surface area contributed by atoms with Crippen LogP contribution in [0.4, 0.5) is 0 Å². The average Bonchev–Trinajstić information content (AvgIpc) is 3.32. The van der Waals surface area contributed by atoms with Crippen LogP contribution in [-0.4, -0.2) is 71.0 Å². The Morgan fingerprint density at radius 2 is 1.77 bits per heavy atom. The van der Waals surface area contributed by atoms with E-state index >= 15 is 0 Å². The van der Waals surface area contributed by atoms with E-state index < -0.39 is 42.0 Å². The third-order valence-electron chi connectivity index (χ3n) is 6.32. The van der Waals surface area contributed by atoms with Gasteiger partial charge in [-0.15, -0.1) is 0 Å². The second-order valence-corrected chi connectivity index (χ2v) is 9.39. The number of likely N-dealkylation sites (tertiary alicyclic amines) is 1. The summed E-state index contributed by atoms with van der Waals surface area (Å²) in [4.78, 5) is 52.3. The monoisotopic (exact) mass is 489 g/mol. The van der Waals surface area contributed by atoms with Crippen LogP contribution >= 0.6 is 0 Å². The zero-order valence-electron chi connectivity index (χ0n) is 20.6. The molecule has 4 unspecified atom stereocenters. The Labute approximate surface area is 206 Å². The van der Waals surface area contributed by atoms with Crippen molar-refractivity contribution in [2.45, 2.75) is 76.5 Å². The van der Waals surface area contributed by atoms with Crippen molar-refractivity contribution < 1.29 is 24.3 Å². The average molecular weight is 490 g/mol. The first-order valence-electron chi connectivity index (χ1n) is 12.3. The quantitative estimate of drug-likeness (QED) is 0.250. The maximum atomic E-state index is 13.4. The van der Waals surface area contributed by atoms with Crippen LogP contribution in [0.1, 0.15) is 51.5 Å². The highest BCUT2D eigenvalue weighted by molar-refractivity contribution is 5.94. The minimum Gasteiger partial charge on any atom is -0.480 e. The van der Waals surface area contributed by atoms with Crippen LogP contribution in [0.3, 0.4) is 0 Å². The Morgan fingerprint density at radius 1 is 1.09 bits per heavy atom. The predicted molar refractivity (Wildman–Crippen MR) is 132 cm³/mol. The molecule has 2 rings (SSSR count). The number of rotatable bonds is 13. The molecule has 1 heterocycles. The van der Waals surface area contributed by atoms with E-state index in [0.717, 1.165) is 5.56 Å². The number of benzene rings is 1. The van der Waals surface area contributed by atoms with Gasteiger partial charge < -0.3 is 32.1 Å². The lowest BCUT2D eigenvalue weighted by atomic mass is 10.0. The van der Waals surface area contributed by atoms with Gasteiger partial charge in [0.15, 0.2) is 0 Å². The van der Waals surface area contributed by atoms with E-state index in [1.54, 1.807) is 24.3 Å². The van der Waals surface area contributed by atoms with Crippen molar-refractivity contribution in [1.82, 2.24) is 15.5 Å². The van der Waals surface area contributed by atoms with E-state index in [0.29, 0.717) is 45.2 Å². The van der Waals surface area contributed by atoms with Crippen molar-refractivity contribution in [1.29, 1.82) is 0 Å². The summed E-state index contributed by atoms with van der Waals surface area (Å²) in [5.74, 6) is -2.53. The molecule has 1 aliphatic heterocycles. The van der Waals surface area contributed by atoms with Crippen LogP contribution in [-0.2, 0) is 25.6 Å². The van der Waals surface area contributed by atoms with Crippen LogP contribution in [0.15, 0.2) is 30.3 Å². The fraction of sp³-hybridized carbons (Fsp3) is 0.600. The summed E-state index contributed by atoms with van der Waals surface area (Å²) in [5, 5.41) is 15.0. The molecule has 1 aliphatic rings. The van der Waals surface area contributed by atoms with Crippen LogP contribution in [0.2, 0.25) is 0 Å². The Hall–Kier alpha value is -2.98. The lowest BCUT2D eigenvalue weighted by Crippen LogP contribution is -2.57. The standard InChI is InChI=1S/C25H39N5O5/c1-16(2)21(27)23(32)28-18(11-6-7-13-26)24(33)30-14-8-12-20(30)22(31)29-19(25(34)35)15-17-9-4-3-5-10-17/h3-5,9-10,16,18-21H,6-8,11-15,26-27H2,1-2H3,(H,28,32)(H,29,31)(H,34,35). The van der Waals surface area contributed by atoms with E-state index in [1.807, 2.05) is 19.9 Å². The summed E-state index contributed by atoms with van der Waals surface area (Å²) in [6, 6.07) is 5.53. The number of nitrogens with one attached hydrogen (secondary N) is 2. The van der Waals surface area contributed by atoms with Crippen molar-refractivity contribution in [3.63, 3.8) is 0 Å². The van der Waals surface area contributed by atoms with Crippen molar-refractivity contribution in [3.8, 4) is 0 Å². The molecule has 1 fully saturated rings. The summed E-state index contributed by atoms with van der Waals surface area (Å²) in [7, 11) is 0. The first-order valence-corrected chi connectivity index (χ1v) is 12.3. The lowest BCUT2D eigenvalue weighted by Gasteiger charge is -2.30. The van der Waals surface area contributed by atoms with E-state index in [2.05, 4.69) is 10.6 Å². The van der Waals surface area contributed by atoms with Crippen molar-refractivity contribution in [2.24, 2.45) is 17.4 Å². The van der Waals surface area contributed by atoms with Crippen molar-refractivity contribution in [2.75, 3.05) is 13.1 Å². The number of carbonyl (C=O) groups is 4. The molecular weight excluding hydrogens is 450 g/mol. The summed E-state index contributed by atoms with van der Waals surface area (Å²) < 4.78 is 0. The maximum Gasteiger partial charge on any atom is 0.326 e. The zero-order chi connectivity index (χ0) is 26.0. The number of aliphatic carboxylic acids is 1. The molecule has 10 heteroatoms. The van der Waals surface area contributed by atoms with E-state index in [-0.39, 0.29) is 18.2 Å². The summed E-state index contributed by atoms with van der Waals surface area (Å²) in [6.07, 6.45) is 2.86. The van der Waals surface area contributed by atoms with Gasteiger partial charge in [0, 0.05) is 13.0 Å². The SMILES string of the molecule is CC(C)C(N)C(=O)NC(CCCCN)C(=O)N1CCCC1C(=O)NC(Cc1ccccc1)C(=O)O. The summed E-state index contributed by atoms with van der Waals surface area (Å²) in [5.41, 5.74) is 12.3. The summed E-state index contributed by atoms with van der Waals surface area (Å²) >= 11 is 0. The number of hydrogen-bond acceptors (Lipinski definition) is 6. The fourth-order valence-corrected chi connectivity index (χ4v) is 4.14. The number of amides is 3. The molecule has 10 nitrogen and oxygen atoms in total. The van der Waals surface area contributed by atoms with Gasteiger partial charge in [-0.25, -0.2) is 4.79 Å². The summed E-state index contributed by atoms with van der Waals surface area (Å²) in [6.45, 7) is 4.47. The highest BCUT2D eigenvalue weighted by Gasteiger charge is 2.39. The molecule has 7 N–H and O–H groups in total. The zero-order valence-corrected chi connectivity index (χ0v) is 20.6. The number of nitrogens with zero attached hydrogens (tertiary/aromatic N) is 1. The van der Waals surface area contributed by atoms with E-state index in [9.17, 15) is 24.3 Å². The van der Waals surface area contributed by atoms with E-state index in [4.69, 9.17) is 11.5 Å². The molecular formula is C25H39N5O5. The van der Waals surface area contributed by atoms with Gasteiger partial charge >= 0.3 is 5.97 Å². The largest absolute Gasteiger partial charge is 0.480 e. The normalized spacial score (nSPS) is 18.1. The van der Waals surface area contributed by atoms with Gasteiger partial charge in [-0.05, 0) is 50.1 Å². The third-order valence-corrected chi connectivity index (χ3v) is 6.32. The Balaban J connectivity index is 2.12. The number of unbranched alkanes of at least 4 members (excludes halogenated alkanes) is 1. The molecule has 0 radical (unpaired) electrons. The number of carbonyl (C=O) groups excluding carboxylic acids is 3. The van der Waals surface area contributed by atoms with Gasteiger partial charge in [-0.2, -0.15) is 0 Å². The van der Waals surface area contributed by atoms with Gasteiger partial charge in [0.2, 0.25) is 17.7 Å². The topological polar surface area (TPSA) is 168 Å². The maximum absolute atomic E-state index is 13.4. The first kappa shape index (κ1) is 28.3. The minimum atomic E-state index is -1.15. The van der Waals surface area contributed by atoms with Gasteiger partial charge in [-0.3, -0.25) is 14.4 Å². The second-order valence-electron chi connectivity index (χ2n) is 9.39. The molecule has 0 bridgehead atoms. The Morgan fingerprint density at radius 3 is 2.37 bits per heavy atom. The molecule has 0 aromatic heterocycles. The molecule has 1 saturated heterocycles. The molecule has 35 heavy (non-hydrogen) atoms. The molecule has 3 amide bonds. The second kappa shape index (κ2) is 13.8. The molecule has 194 valence electrons. The highest BCUT2D eigenvalue weighted by Crippen LogP contribution is 2.20. The van der Waals surface area contributed by atoms with Gasteiger partial charge in [0.25, 0.3) is 0 Å². The smallest absolute Gasteiger partial charge is 0.326 e. The van der Waals surface area contributed by atoms with Gasteiger partial charge in [-0.1, -0.05) is 44.2 Å². The first-order chi connectivity index (χ1) is 16.6.